The fourth-order valence-corrected chi connectivity index (χ4v) is 1.85. The number of aliphatic hydroxyl groups excluding tert-OH is 1. The second kappa shape index (κ2) is 4.89. The number of ether oxygens (including phenoxy) is 3. The number of hydrogen-bond donors (Lipinski definition) is 1. The fourth-order valence-electron chi connectivity index (χ4n) is 1.85. The van der Waals surface area contributed by atoms with Crippen LogP contribution in [0.15, 0.2) is 12.7 Å². The van der Waals surface area contributed by atoms with Gasteiger partial charge < -0.3 is 19.3 Å². The summed E-state index contributed by atoms with van der Waals surface area (Å²) in [5, 5.41) is 9.85. The molecule has 0 aromatic rings. The van der Waals surface area contributed by atoms with Crippen LogP contribution in [0.4, 0.5) is 0 Å². The topological polar surface area (TPSA) is 47.9 Å². The van der Waals surface area contributed by atoms with Gasteiger partial charge >= 0.3 is 0 Å². The van der Waals surface area contributed by atoms with Crippen molar-refractivity contribution in [2.45, 2.75) is 37.4 Å². The standard InChI is InChI=1S/C10H18O4/c1-5-7-8(11)10(13-4)9(12-3)6(2)14-7/h5-11H,1H2,2-4H3/t6-,7-,8-,9-,10-/m0/s1. The van der Waals surface area contributed by atoms with Gasteiger partial charge in [-0.1, -0.05) is 6.08 Å². The SMILES string of the molecule is C=C[C@@H]1O[C@@H](C)[C@H](OC)[C@@H](OC)[C@H]1O. The van der Waals surface area contributed by atoms with Gasteiger partial charge in [-0.3, -0.25) is 0 Å². The number of rotatable bonds is 3. The molecule has 5 atom stereocenters. The molecule has 1 fully saturated rings. The van der Waals surface area contributed by atoms with E-state index in [2.05, 4.69) is 6.58 Å². The third kappa shape index (κ3) is 1.98. The van der Waals surface area contributed by atoms with Gasteiger partial charge in [0.05, 0.1) is 6.10 Å². The minimum atomic E-state index is -0.723. The summed E-state index contributed by atoms with van der Waals surface area (Å²) in [5.41, 5.74) is 0. The summed E-state index contributed by atoms with van der Waals surface area (Å²) in [6, 6.07) is 0. The number of methoxy groups -OCH3 is 2. The first kappa shape index (κ1) is 11.7. The van der Waals surface area contributed by atoms with Crippen LogP contribution in [0.2, 0.25) is 0 Å². The lowest BCUT2D eigenvalue weighted by Crippen LogP contribution is -2.57. The average Bonchev–Trinajstić information content (AvgIpc) is 2.20. The highest BCUT2D eigenvalue weighted by molar-refractivity contribution is 4.99. The maximum absolute atomic E-state index is 9.85. The van der Waals surface area contributed by atoms with E-state index in [1.54, 1.807) is 20.3 Å². The van der Waals surface area contributed by atoms with Crippen molar-refractivity contribution in [2.24, 2.45) is 0 Å². The highest BCUT2D eigenvalue weighted by Gasteiger charge is 2.42. The maximum atomic E-state index is 9.85. The molecule has 0 spiro atoms. The Hall–Kier alpha value is -0.420. The van der Waals surface area contributed by atoms with E-state index in [1.807, 2.05) is 6.92 Å². The van der Waals surface area contributed by atoms with E-state index < -0.39 is 6.10 Å². The van der Waals surface area contributed by atoms with Crippen molar-refractivity contribution in [1.82, 2.24) is 0 Å². The van der Waals surface area contributed by atoms with Crippen molar-refractivity contribution in [3.05, 3.63) is 12.7 Å². The zero-order valence-electron chi connectivity index (χ0n) is 8.84. The molecule has 0 amide bonds. The molecule has 1 heterocycles. The molecule has 0 aliphatic carbocycles. The second-order valence-corrected chi connectivity index (χ2v) is 3.43. The van der Waals surface area contributed by atoms with Crippen molar-refractivity contribution in [3.8, 4) is 0 Å². The molecule has 1 rings (SSSR count). The molecular formula is C10H18O4. The summed E-state index contributed by atoms with van der Waals surface area (Å²) in [4.78, 5) is 0. The molecule has 0 bridgehead atoms. The molecular weight excluding hydrogens is 184 g/mol. The largest absolute Gasteiger partial charge is 0.387 e. The molecule has 0 saturated carbocycles. The Balaban J connectivity index is 2.78. The lowest BCUT2D eigenvalue weighted by molar-refractivity contribution is -0.219. The Morgan fingerprint density at radius 1 is 1.29 bits per heavy atom. The lowest BCUT2D eigenvalue weighted by atomic mass is 9.95. The molecule has 0 radical (unpaired) electrons. The van der Waals surface area contributed by atoms with Crippen molar-refractivity contribution < 1.29 is 19.3 Å². The number of aliphatic hydroxyl groups is 1. The predicted octanol–water partition coefficient (Wildman–Crippen LogP) is 0.351. The first-order chi connectivity index (χ1) is 6.65. The third-order valence-electron chi connectivity index (χ3n) is 2.61. The van der Waals surface area contributed by atoms with E-state index >= 15 is 0 Å². The monoisotopic (exact) mass is 202 g/mol. The van der Waals surface area contributed by atoms with E-state index in [0.29, 0.717) is 0 Å². The summed E-state index contributed by atoms with van der Waals surface area (Å²) >= 11 is 0. The molecule has 1 aliphatic heterocycles. The summed E-state index contributed by atoms with van der Waals surface area (Å²) < 4.78 is 15.9. The normalized spacial score (nSPS) is 43.6. The molecule has 0 unspecified atom stereocenters. The van der Waals surface area contributed by atoms with Gasteiger partial charge in [-0.25, -0.2) is 0 Å². The van der Waals surface area contributed by atoms with Gasteiger partial charge in [-0.2, -0.15) is 0 Å². The van der Waals surface area contributed by atoms with Crippen molar-refractivity contribution in [3.63, 3.8) is 0 Å². The first-order valence-electron chi connectivity index (χ1n) is 4.67. The molecule has 14 heavy (non-hydrogen) atoms. The van der Waals surface area contributed by atoms with Gasteiger partial charge in [0.1, 0.15) is 24.4 Å². The van der Waals surface area contributed by atoms with Crippen LogP contribution in [-0.2, 0) is 14.2 Å². The smallest absolute Gasteiger partial charge is 0.114 e. The van der Waals surface area contributed by atoms with Crippen LogP contribution >= 0.6 is 0 Å². The van der Waals surface area contributed by atoms with Crippen molar-refractivity contribution >= 4 is 0 Å². The Morgan fingerprint density at radius 3 is 2.29 bits per heavy atom. The van der Waals surface area contributed by atoms with Crippen LogP contribution < -0.4 is 0 Å². The van der Waals surface area contributed by atoms with E-state index in [9.17, 15) is 5.11 Å². The van der Waals surface area contributed by atoms with Crippen LogP contribution in [0.1, 0.15) is 6.92 Å². The van der Waals surface area contributed by atoms with Crippen LogP contribution in [0.3, 0.4) is 0 Å². The van der Waals surface area contributed by atoms with E-state index in [0.717, 1.165) is 0 Å². The highest BCUT2D eigenvalue weighted by Crippen LogP contribution is 2.25. The summed E-state index contributed by atoms with van der Waals surface area (Å²) in [5.74, 6) is 0. The minimum Gasteiger partial charge on any atom is -0.387 e. The van der Waals surface area contributed by atoms with Gasteiger partial charge in [-0.05, 0) is 6.92 Å². The maximum Gasteiger partial charge on any atom is 0.114 e. The minimum absolute atomic E-state index is 0.114. The fraction of sp³-hybridized carbons (Fsp3) is 0.800. The molecule has 82 valence electrons. The van der Waals surface area contributed by atoms with E-state index in [1.165, 1.54) is 0 Å². The quantitative estimate of drug-likeness (QED) is 0.671. The van der Waals surface area contributed by atoms with Gasteiger partial charge in [0.15, 0.2) is 0 Å². The molecule has 0 aromatic heterocycles. The molecule has 4 nitrogen and oxygen atoms in total. The summed E-state index contributed by atoms with van der Waals surface area (Å²) in [6.45, 7) is 5.50. The summed E-state index contributed by atoms with van der Waals surface area (Å²) in [6.07, 6.45) is -0.256. The summed E-state index contributed by atoms with van der Waals surface area (Å²) in [7, 11) is 3.13. The van der Waals surface area contributed by atoms with Gasteiger partial charge in [0.25, 0.3) is 0 Å². The van der Waals surface area contributed by atoms with Gasteiger partial charge in [-0.15, -0.1) is 6.58 Å². The Morgan fingerprint density at radius 2 is 1.86 bits per heavy atom. The predicted molar refractivity (Wildman–Crippen MR) is 52.1 cm³/mol. The lowest BCUT2D eigenvalue weighted by Gasteiger charge is -2.41. The number of hydrogen-bond acceptors (Lipinski definition) is 4. The molecule has 1 N–H and O–H groups in total. The van der Waals surface area contributed by atoms with Crippen LogP contribution in [0, 0.1) is 0 Å². The Labute approximate surface area is 84.5 Å². The zero-order valence-corrected chi connectivity index (χ0v) is 8.84. The van der Waals surface area contributed by atoms with Crippen molar-refractivity contribution in [2.75, 3.05) is 14.2 Å². The third-order valence-corrected chi connectivity index (χ3v) is 2.61. The molecule has 1 aliphatic rings. The Bertz CT molecular complexity index is 195. The average molecular weight is 202 g/mol. The van der Waals surface area contributed by atoms with E-state index in [-0.39, 0.29) is 24.4 Å². The second-order valence-electron chi connectivity index (χ2n) is 3.43. The molecule has 4 heteroatoms. The van der Waals surface area contributed by atoms with Crippen LogP contribution in [0.25, 0.3) is 0 Å². The first-order valence-corrected chi connectivity index (χ1v) is 4.67. The van der Waals surface area contributed by atoms with Crippen molar-refractivity contribution in [1.29, 1.82) is 0 Å². The highest BCUT2D eigenvalue weighted by atomic mass is 16.6. The van der Waals surface area contributed by atoms with Crippen LogP contribution in [0.5, 0.6) is 0 Å². The molecule has 0 aromatic carbocycles. The van der Waals surface area contributed by atoms with E-state index in [4.69, 9.17) is 14.2 Å². The zero-order chi connectivity index (χ0) is 10.7. The Kier molecular flexibility index (Phi) is 4.07. The van der Waals surface area contributed by atoms with Gasteiger partial charge in [0.2, 0.25) is 0 Å². The van der Waals surface area contributed by atoms with Gasteiger partial charge in [0, 0.05) is 14.2 Å². The molecule has 1 saturated heterocycles. The van der Waals surface area contributed by atoms with Crippen LogP contribution in [-0.4, -0.2) is 49.8 Å².